The van der Waals surface area contributed by atoms with Crippen molar-refractivity contribution < 1.29 is 0 Å². The Hall–Kier alpha value is -3.84. The Bertz CT molecular complexity index is 1440. The zero-order chi connectivity index (χ0) is 20.1. The number of rotatable bonds is 2. The van der Waals surface area contributed by atoms with E-state index in [1.807, 2.05) is 0 Å². The maximum atomic E-state index is 2.31. The van der Waals surface area contributed by atoms with Crippen LogP contribution >= 0.6 is 0 Å². The van der Waals surface area contributed by atoms with Crippen LogP contribution < -0.4 is 4.90 Å². The van der Waals surface area contributed by atoms with Crippen LogP contribution in [0.15, 0.2) is 109 Å². The Kier molecular flexibility index (Phi) is 3.75. The molecule has 0 fully saturated rings. The van der Waals surface area contributed by atoms with Gasteiger partial charge in [0.1, 0.15) is 0 Å². The molecule has 1 nitrogen and oxygen atoms in total. The molecular weight excluding hydrogens is 362 g/mol. The fourth-order valence-corrected chi connectivity index (χ4v) is 4.55. The van der Waals surface area contributed by atoms with E-state index in [9.17, 15) is 0 Å². The van der Waals surface area contributed by atoms with E-state index < -0.39 is 0 Å². The van der Waals surface area contributed by atoms with Gasteiger partial charge in [-0.05, 0) is 67.4 Å². The second kappa shape index (κ2) is 6.60. The van der Waals surface area contributed by atoms with Gasteiger partial charge in [0.2, 0.25) is 0 Å². The molecule has 30 heavy (non-hydrogen) atoms. The highest BCUT2D eigenvalue weighted by Gasteiger charge is 2.09. The van der Waals surface area contributed by atoms with Crippen molar-refractivity contribution >= 4 is 54.5 Å². The van der Waals surface area contributed by atoms with Gasteiger partial charge in [0, 0.05) is 18.4 Å². The monoisotopic (exact) mass is 383 g/mol. The quantitative estimate of drug-likeness (QED) is 0.273. The summed E-state index contributed by atoms with van der Waals surface area (Å²) in [5, 5.41) is 10.3. The van der Waals surface area contributed by atoms with E-state index in [1.165, 1.54) is 54.5 Å². The third-order valence-electron chi connectivity index (χ3n) is 6.24. The number of fused-ring (bicyclic) bond motifs is 6. The van der Waals surface area contributed by atoms with Gasteiger partial charge in [-0.2, -0.15) is 0 Å². The molecule has 0 atom stereocenters. The van der Waals surface area contributed by atoms with Crippen molar-refractivity contribution in [3.8, 4) is 0 Å². The average Bonchev–Trinajstić information content (AvgIpc) is 2.82. The van der Waals surface area contributed by atoms with E-state index in [0.717, 1.165) is 0 Å². The van der Waals surface area contributed by atoms with Crippen LogP contribution in [0.2, 0.25) is 0 Å². The molecule has 0 spiro atoms. The van der Waals surface area contributed by atoms with Gasteiger partial charge in [-0.1, -0.05) is 84.9 Å². The number of benzene rings is 6. The molecule has 1 heteroatoms. The number of anilines is 2. The molecule has 0 radical (unpaired) electrons. The van der Waals surface area contributed by atoms with Crippen molar-refractivity contribution in [2.24, 2.45) is 0 Å². The van der Waals surface area contributed by atoms with E-state index in [-0.39, 0.29) is 0 Å². The van der Waals surface area contributed by atoms with Gasteiger partial charge in [-0.15, -0.1) is 0 Å². The fourth-order valence-electron chi connectivity index (χ4n) is 4.55. The van der Waals surface area contributed by atoms with Gasteiger partial charge in [0.25, 0.3) is 0 Å². The van der Waals surface area contributed by atoms with Gasteiger partial charge in [0.05, 0.1) is 0 Å². The molecule has 0 unspecified atom stereocenters. The summed E-state index contributed by atoms with van der Waals surface area (Å²) in [6.45, 7) is 0. The Labute approximate surface area is 175 Å². The Morgan fingerprint density at radius 2 is 0.767 bits per heavy atom. The summed E-state index contributed by atoms with van der Waals surface area (Å²) in [7, 11) is 2.15. The molecule has 0 saturated carbocycles. The number of hydrogen-bond donors (Lipinski definition) is 0. The first-order valence-corrected chi connectivity index (χ1v) is 10.3. The zero-order valence-electron chi connectivity index (χ0n) is 16.8. The van der Waals surface area contributed by atoms with Gasteiger partial charge < -0.3 is 4.90 Å². The van der Waals surface area contributed by atoms with Gasteiger partial charge >= 0.3 is 0 Å². The van der Waals surface area contributed by atoms with Crippen LogP contribution in [0.5, 0.6) is 0 Å². The van der Waals surface area contributed by atoms with Crippen molar-refractivity contribution in [3.63, 3.8) is 0 Å². The van der Waals surface area contributed by atoms with E-state index in [4.69, 9.17) is 0 Å². The lowest BCUT2D eigenvalue weighted by molar-refractivity contribution is 1.22. The average molecular weight is 383 g/mol. The van der Waals surface area contributed by atoms with Crippen LogP contribution in [0.4, 0.5) is 11.4 Å². The lowest BCUT2D eigenvalue weighted by Gasteiger charge is -2.21. The molecule has 0 amide bonds. The highest BCUT2D eigenvalue weighted by Crippen LogP contribution is 2.34. The van der Waals surface area contributed by atoms with Gasteiger partial charge in [-0.3, -0.25) is 0 Å². The Morgan fingerprint density at radius 1 is 0.400 bits per heavy atom. The van der Waals surface area contributed by atoms with Crippen molar-refractivity contribution in [2.75, 3.05) is 11.9 Å². The minimum Gasteiger partial charge on any atom is -0.345 e. The second-order valence-electron chi connectivity index (χ2n) is 7.94. The van der Waals surface area contributed by atoms with Crippen LogP contribution in [0.25, 0.3) is 43.1 Å². The lowest BCUT2D eigenvalue weighted by Crippen LogP contribution is -2.09. The first-order valence-electron chi connectivity index (χ1n) is 10.3. The first kappa shape index (κ1) is 17.1. The number of nitrogens with zero attached hydrogens (tertiary/aromatic N) is 1. The largest absolute Gasteiger partial charge is 0.345 e. The molecule has 6 rings (SSSR count). The number of hydrogen-bond acceptors (Lipinski definition) is 1. The van der Waals surface area contributed by atoms with Crippen molar-refractivity contribution in [2.45, 2.75) is 0 Å². The smallest absolute Gasteiger partial charge is 0.0414 e. The standard InChI is InChI=1S/C29H21N/c1-30(24-16-14-22-12-10-20-6-2-4-8-26(20)28(22)18-24)25-17-15-23-13-11-21-7-3-5-9-27(21)29(23)19-25/h2-19H,1H3. The first-order chi connectivity index (χ1) is 14.8. The lowest BCUT2D eigenvalue weighted by atomic mass is 10.0. The molecule has 0 bridgehead atoms. The fraction of sp³-hybridized carbons (Fsp3) is 0.0345. The summed E-state index contributed by atoms with van der Waals surface area (Å²) in [5.41, 5.74) is 2.39. The zero-order valence-corrected chi connectivity index (χ0v) is 16.8. The predicted octanol–water partition coefficient (Wildman–Crippen LogP) is 8.07. The van der Waals surface area contributed by atoms with Crippen LogP contribution in [0.3, 0.4) is 0 Å². The molecule has 0 saturated heterocycles. The maximum Gasteiger partial charge on any atom is 0.0414 e. The maximum absolute atomic E-state index is 2.31. The molecule has 0 aromatic heterocycles. The van der Waals surface area contributed by atoms with Crippen molar-refractivity contribution in [1.82, 2.24) is 0 Å². The summed E-state index contributed by atoms with van der Waals surface area (Å²) < 4.78 is 0. The van der Waals surface area contributed by atoms with Gasteiger partial charge in [-0.25, -0.2) is 0 Å². The van der Waals surface area contributed by atoms with Gasteiger partial charge in [0.15, 0.2) is 0 Å². The minimum atomic E-state index is 1.19. The highest BCUT2D eigenvalue weighted by molar-refractivity contribution is 6.10. The molecule has 142 valence electrons. The molecule has 0 N–H and O–H groups in total. The Morgan fingerprint density at radius 3 is 1.23 bits per heavy atom. The van der Waals surface area contributed by atoms with Crippen LogP contribution in [0.1, 0.15) is 0 Å². The molecule has 6 aromatic rings. The van der Waals surface area contributed by atoms with E-state index in [0.29, 0.717) is 0 Å². The molecular formula is C29H21N. The van der Waals surface area contributed by atoms with E-state index in [1.54, 1.807) is 0 Å². The molecule has 6 aromatic carbocycles. The summed E-state index contributed by atoms with van der Waals surface area (Å²) in [6, 6.07) is 39.6. The Balaban J connectivity index is 1.52. The molecule has 0 aliphatic carbocycles. The van der Waals surface area contributed by atoms with E-state index in [2.05, 4.69) is 121 Å². The molecule has 0 heterocycles. The topological polar surface area (TPSA) is 3.24 Å². The third-order valence-corrected chi connectivity index (χ3v) is 6.24. The van der Waals surface area contributed by atoms with E-state index >= 15 is 0 Å². The summed E-state index contributed by atoms with van der Waals surface area (Å²) in [6.07, 6.45) is 0. The van der Waals surface area contributed by atoms with Crippen molar-refractivity contribution in [3.05, 3.63) is 109 Å². The molecule has 0 aliphatic rings. The van der Waals surface area contributed by atoms with Crippen LogP contribution in [0, 0.1) is 0 Å². The third kappa shape index (κ3) is 2.63. The second-order valence-corrected chi connectivity index (χ2v) is 7.94. The summed E-state index contributed by atoms with van der Waals surface area (Å²) in [5.74, 6) is 0. The van der Waals surface area contributed by atoms with Crippen molar-refractivity contribution in [1.29, 1.82) is 0 Å². The van der Waals surface area contributed by atoms with Crippen LogP contribution in [-0.2, 0) is 0 Å². The highest BCUT2D eigenvalue weighted by atomic mass is 15.1. The minimum absolute atomic E-state index is 1.19. The summed E-state index contributed by atoms with van der Waals surface area (Å²) in [4.78, 5) is 2.28. The summed E-state index contributed by atoms with van der Waals surface area (Å²) >= 11 is 0. The predicted molar refractivity (Wildman–Crippen MR) is 131 cm³/mol. The molecule has 0 aliphatic heterocycles. The van der Waals surface area contributed by atoms with Crippen LogP contribution in [-0.4, -0.2) is 7.05 Å². The SMILES string of the molecule is CN(c1ccc2ccc3ccccc3c2c1)c1ccc2ccc3ccccc3c2c1. The normalized spacial score (nSPS) is 11.5.